The van der Waals surface area contributed by atoms with Crippen molar-refractivity contribution in [1.29, 1.82) is 0 Å². The van der Waals surface area contributed by atoms with Crippen molar-refractivity contribution < 1.29 is 35.9 Å². The fourth-order valence-electron chi connectivity index (χ4n) is 2.44. The lowest BCUT2D eigenvalue weighted by atomic mass is 10.1. The number of nitrogens with one attached hydrogen (secondary N) is 1. The third-order valence-corrected chi connectivity index (χ3v) is 3.95. The number of anilines is 1. The molecule has 1 aliphatic heterocycles. The number of benzene rings is 1. The lowest BCUT2D eigenvalue weighted by molar-refractivity contribution is -0.138. The van der Waals surface area contributed by atoms with Crippen molar-refractivity contribution in [1.82, 2.24) is 9.88 Å². The van der Waals surface area contributed by atoms with Crippen LogP contribution in [0.3, 0.4) is 0 Å². The Balaban J connectivity index is 1.50. The molecule has 0 saturated carbocycles. The first-order valence-electron chi connectivity index (χ1n) is 7.95. The van der Waals surface area contributed by atoms with Crippen LogP contribution in [0.25, 0.3) is 0 Å². The molecule has 150 valence electrons. The SMILES string of the molecule is O=C(Nc1ccc(C(F)(F)F)cc1)N1CC(Oc2cc(C(F)(F)F)ccn2)C1. The topological polar surface area (TPSA) is 54.5 Å². The standard InChI is InChI=1S/C17H13F6N3O2/c18-16(19,20)10-1-3-12(4-2-10)25-15(27)26-8-13(9-26)28-14-7-11(5-6-24-14)17(21,22)23/h1-7,13H,8-9H2,(H,25,27). The van der Waals surface area contributed by atoms with E-state index in [-0.39, 0.29) is 24.7 Å². The van der Waals surface area contributed by atoms with Crippen LogP contribution >= 0.6 is 0 Å². The summed E-state index contributed by atoms with van der Waals surface area (Å²) in [5.41, 5.74) is -1.55. The second-order valence-corrected chi connectivity index (χ2v) is 6.03. The molecule has 2 heterocycles. The van der Waals surface area contributed by atoms with Gasteiger partial charge in [-0.15, -0.1) is 0 Å². The zero-order valence-electron chi connectivity index (χ0n) is 14.0. The van der Waals surface area contributed by atoms with E-state index in [0.717, 1.165) is 42.6 Å². The minimum Gasteiger partial charge on any atom is -0.471 e. The van der Waals surface area contributed by atoms with Crippen LogP contribution in [0.15, 0.2) is 42.6 Å². The number of carbonyl (C=O) groups excluding carboxylic acids is 1. The predicted molar refractivity (Wildman–Crippen MR) is 85.7 cm³/mol. The Bertz CT molecular complexity index is 845. The van der Waals surface area contributed by atoms with Gasteiger partial charge < -0.3 is 15.0 Å². The van der Waals surface area contributed by atoms with Crippen molar-refractivity contribution in [3.63, 3.8) is 0 Å². The van der Waals surface area contributed by atoms with Crippen molar-refractivity contribution in [3.05, 3.63) is 53.7 Å². The highest BCUT2D eigenvalue weighted by atomic mass is 19.4. The van der Waals surface area contributed by atoms with Crippen molar-refractivity contribution in [2.24, 2.45) is 0 Å². The van der Waals surface area contributed by atoms with Crippen LogP contribution in [0, 0.1) is 0 Å². The minimum atomic E-state index is -4.52. The molecule has 1 aromatic carbocycles. The third-order valence-electron chi connectivity index (χ3n) is 3.95. The van der Waals surface area contributed by atoms with E-state index >= 15 is 0 Å². The van der Waals surface area contributed by atoms with Crippen LogP contribution in [0.2, 0.25) is 0 Å². The molecule has 1 fully saturated rings. The van der Waals surface area contributed by atoms with E-state index in [0.29, 0.717) is 0 Å². The summed E-state index contributed by atoms with van der Waals surface area (Å²) in [6.07, 6.45) is -8.54. The molecule has 11 heteroatoms. The van der Waals surface area contributed by atoms with Crippen molar-refractivity contribution >= 4 is 11.7 Å². The lowest BCUT2D eigenvalue weighted by Crippen LogP contribution is -2.57. The molecular formula is C17H13F6N3O2. The highest BCUT2D eigenvalue weighted by Crippen LogP contribution is 2.31. The zero-order valence-corrected chi connectivity index (χ0v) is 14.0. The maximum absolute atomic E-state index is 12.7. The Labute approximate surface area is 154 Å². The quantitative estimate of drug-likeness (QED) is 0.770. The smallest absolute Gasteiger partial charge is 0.416 e. The Morgan fingerprint density at radius 3 is 2.18 bits per heavy atom. The zero-order chi connectivity index (χ0) is 20.5. The van der Waals surface area contributed by atoms with Crippen molar-refractivity contribution in [3.8, 4) is 5.88 Å². The van der Waals surface area contributed by atoms with E-state index in [1.807, 2.05) is 0 Å². The number of ether oxygens (including phenoxy) is 1. The van der Waals surface area contributed by atoms with Crippen molar-refractivity contribution in [2.45, 2.75) is 18.5 Å². The summed E-state index contributed by atoms with van der Waals surface area (Å²) in [4.78, 5) is 17.0. The molecule has 2 amide bonds. The molecule has 1 aliphatic rings. The van der Waals surface area contributed by atoms with E-state index in [4.69, 9.17) is 4.74 Å². The van der Waals surface area contributed by atoms with Gasteiger partial charge in [-0.25, -0.2) is 9.78 Å². The Morgan fingerprint density at radius 2 is 1.61 bits per heavy atom. The number of alkyl halides is 6. The monoisotopic (exact) mass is 405 g/mol. The van der Waals surface area contributed by atoms with Crippen LogP contribution in [-0.2, 0) is 12.4 Å². The summed E-state index contributed by atoms with van der Waals surface area (Å²) in [7, 11) is 0. The van der Waals surface area contributed by atoms with Gasteiger partial charge in [0.05, 0.1) is 24.2 Å². The van der Waals surface area contributed by atoms with Gasteiger partial charge in [-0.05, 0) is 30.3 Å². The van der Waals surface area contributed by atoms with Gasteiger partial charge in [0.1, 0.15) is 6.10 Å². The van der Waals surface area contributed by atoms with Gasteiger partial charge in [0, 0.05) is 18.0 Å². The van der Waals surface area contributed by atoms with Gasteiger partial charge in [-0.1, -0.05) is 0 Å². The average molecular weight is 405 g/mol. The summed E-state index contributed by atoms with van der Waals surface area (Å²) in [6.45, 7) is 0.203. The first-order valence-corrected chi connectivity index (χ1v) is 7.95. The summed E-state index contributed by atoms with van der Waals surface area (Å²) in [5.74, 6) is -0.206. The van der Waals surface area contributed by atoms with Crippen LogP contribution in [0.4, 0.5) is 36.8 Å². The summed E-state index contributed by atoms with van der Waals surface area (Å²) >= 11 is 0. The van der Waals surface area contributed by atoms with Gasteiger partial charge in [0.2, 0.25) is 5.88 Å². The number of amides is 2. The molecule has 0 aliphatic carbocycles. The predicted octanol–water partition coefficient (Wildman–Crippen LogP) is 4.41. The Hall–Kier alpha value is -2.98. The number of likely N-dealkylation sites (tertiary alicyclic amines) is 1. The molecule has 5 nitrogen and oxygen atoms in total. The molecule has 0 unspecified atom stereocenters. The third kappa shape index (κ3) is 4.65. The fourth-order valence-corrected chi connectivity index (χ4v) is 2.44. The number of nitrogens with zero attached hydrogens (tertiary/aromatic N) is 2. The Kier molecular flexibility index (Phi) is 5.09. The highest BCUT2D eigenvalue weighted by molar-refractivity contribution is 5.89. The van der Waals surface area contributed by atoms with Gasteiger partial charge in [0.25, 0.3) is 0 Å². The van der Waals surface area contributed by atoms with Gasteiger partial charge >= 0.3 is 18.4 Å². The van der Waals surface area contributed by atoms with Gasteiger partial charge in [0.15, 0.2) is 0 Å². The molecule has 1 aromatic heterocycles. The normalized spacial score (nSPS) is 15.1. The number of hydrogen-bond donors (Lipinski definition) is 1. The van der Waals surface area contributed by atoms with Gasteiger partial charge in [-0.2, -0.15) is 26.3 Å². The number of aromatic nitrogens is 1. The molecular weight excluding hydrogens is 392 g/mol. The van der Waals surface area contributed by atoms with Crippen LogP contribution in [0.5, 0.6) is 5.88 Å². The highest BCUT2D eigenvalue weighted by Gasteiger charge is 2.35. The number of carbonyl (C=O) groups is 1. The molecule has 0 atom stereocenters. The van der Waals surface area contributed by atoms with E-state index < -0.39 is 35.6 Å². The van der Waals surface area contributed by atoms with Crippen LogP contribution in [-0.4, -0.2) is 35.1 Å². The number of pyridine rings is 1. The molecule has 0 bridgehead atoms. The Morgan fingerprint density at radius 1 is 1.00 bits per heavy atom. The maximum atomic E-state index is 12.7. The molecule has 1 N–H and O–H groups in total. The fraction of sp³-hybridized carbons (Fsp3) is 0.294. The summed E-state index contributed by atoms with van der Waals surface area (Å²) < 4.78 is 80.8. The molecule has 0 radical (unpaired) electrons. The first kappa shape index (κ1) is 19.8. The molecule has 2 aromatic rings. The minimum absolute atomic E-state index is 0.102. The van der Waals surface area contributed by atoms with Gasteiger partial charge in [-0.3, -0.25) is 0 Å². The maximum Gasteiger partial charge on any atom is 0.416 e. The molecule has 28 heavy (non-hydrogen) atoms. The van der Waals surface area contributed by atoms with E-state index in [1.165, 1.54) is 4.90 Å². The second-order valence-electron chi connectivity index (χ2n) is 6.03. The summed E-state index contributed by atoms with van der Waals surface area (Å²) in [5, 5.41) is 2.44. The van der Waals surface area contributed by atoms with E-state index in [1.54, 1.807) is 0 Å². The summed E-state index contributed by atoms with van der Waals surface area (Å²) in [6, 6.07) is 4.97. The lowest BCUT2D eigenvalue weighted by Gasteiger charge is -2.38. The molecule has 3 rings (SSSR count). The largest absolute Gasteiger partial charge is 0.471 e. The van der Waals surface area contributed by atoms with E-state index in [2.05, 4.69) is 10.3 Å². The van der Waals surface area contributed by atoms with Crippen LogP contribution in [0.1, 0.15) is 11.1 Å². The van der Waals surface area contributed by atoms with Crippen LogP contribution < -0.4 is 10.1 Å². The second kappa shape index (κ2) is 7.21. The van der Waals surface area contributed by atoms with E-state index in [9.17, 15) is 31.1 Å². The average Bonchev–Trinajstić information content (AvgIpc) is 2.57. The molecule has 1 saturated heterocycles. The first-order chi connectivity index (χ1) is 13.0. The number of urea groups is 1. The molecule has 0 spiro atoms. The van der Waals surface area contributed by atoms with Crippen molar-refractivity contribution in [2.75, 3.05) is 18.4 Å². The number of rotatable bonds is 3. The number of hydrogen-bond acceptors (Lipinski definition) is 3. The number of halogens is 6.